The Morgan fingerprint density at radius 2 is 1.86 bits per heavy atom. The molecule has 2 rings (SSSR count). The first-order valence-electron chi connectivity index (χ1n) is 7.05. The molecule has 6 nitrogen and oxygen atoms in total. The van der Waals surface area contributed by atoms with Crippen LogP contribution >= 0.6 is 11.3 Å². The molecule has 0 aromatic carbocycles. The number of hydrogen-bond acceptors (Lipinski definition) is 6. The van der Waals surface area contributed by atoms with Crippen molar-refractivity contribution in [3.05, 3.63) is 10.6 Å². The fraction of sp³-hybridized carbons (Fsp3) is 0.643. The highest BCUT2D eigenvalue weighted by Gasteiger charge is 2.23. The summed E-state index contributed by atoms with van der Waals surface area (Å²) in [5.74, 6) is -0.317. The summed E-state index contributed by atoms with van der Waals surface area (Å²) in [5, 5.41) is 1.03. The Hall–Kier alpha value is -1.63. The number of esters is 1. The maximum atomic E-state index is 12.0. The first kappa shape index (κ1) is 15.8. The lowest BCUT2D eigenvalue weighted by molar-refractivity contribution is -0.143. The van der Waals surface area contributed by atoms with Crippen LogP contribution in [0.15, 0.2) is 0 Å². The van der Waals surface area contributed by atoms with Gasteiger partial charge in [-0.3, -0.25) is 9.59 Å². The molecule has 0 saturated carbocycles. The van der Waals surface area contributed by atoms with E-state index in [-0.39, 0.29) is 24.7 Å². The number of aryl methyl sites for hydroxylation is 2. The smallest absolute Gasteiger partial charge is 0.306 e. The van der Waals surface area contributed by atoms with Crippen LogP contribution in [-0.4, -0.2) is 55.0 Å². The molecule has 1 amide bonds. The van der Waals surface area contributed by atoms with Crippen LogP contribution in [-0.2, 0) is 14.3 Å². The number of thiazole rings is 1. The molecule has 0 bridgehead atoms. The lowest BCUT2D eigenvalue weighted by Crippen LogP contribution is -2.48. The summed E-state index contributed by atoms with van der Waals surface area (Å²) in [6.07, 6.45) is 0.378. The fourth-order valence-corrected chi connectivity index (χ4v) is 3.17. The van der Waals surface area contributed by atoms with Gasteiger partial charge < -0.3 is 14.5 Å². The average Bonchev–Trinajstić information content (AvgIpc) is 2.84. The molecule has 116 valence electrons. The molecule has 1 fully saturated rings. The van der Waals surface area contributed by atoms with Gasteiger partial charge in [0.15, 0.2) is 5.13 Å². The van der Waals surface area contributed by atoms with Gasteiger partial charge in [-0.2, -0.15) is 0 Å². The summed E-state index contributed by atoms with van der Waals surface area (Å²) in [7, 11) is 1.34. The van der Waals surface area contributed by atoms with Crippen molar-refractivity contribution in [2.75, 3.05) is 38.2 Å². The Labute approximate surface area is 128 Å². The number of carbonyl (C=O) groups excluding carboxylic acids is 2. The van der Waals surface area contributed by atoms with Gasteiger partial charge in [0.1, 0.15) is 0 Å². The molecule has 1 saturated heterocycles. The molecule has 1 aliphatic heterocycles. The summed E-state index contributed by atoms with van der Waals surface area (Å²) in [6, 6.07) is 0. The summed E-state index contributed by atoms with van der Waals surface area (Å²) in [6.45, 7) is 7.02. The number of aromatic nitrogens is 1. The molecule has 1 aliphatic rings. The highest BCUT2D eigenvalue weighted by molar-refractivity contribution is 7.15. The zero-order valence-corrected chi connectivity index (χ0v) is 13.5. The van der Waals surface area contributed by atoms with E-state index in [0.29, 0.717) is 13.1 Å². The third-order valence-corrected chi connectivity index (χ3v) is 4.82. The van der Waals surface area contributed by atoms with Crippen molar-refractivity contribution in [3.8, 4) is 0 Å². The summed E-state index contributed by atoms with van der Waals surface area (Å²) >= 11 is 1.70. The number of hydrogen-bond donors (Lipinski definition) is 0. The van der Waals surface area contributed by atoms with Gasteiger partial charge in [-0.25, -0.2) is 4.98 Å². The predicted octanol–water partition coefficient (Wildman–Crippen LogP) is 1.36. The molecule has 1 aromatic heterocycles. The van der Waals surface area contributed by atoms with Crippen molar-refractivity contribution < 1.29 is 14.3 Å². The minimum Gasteiger partial charge on any atom is -0.469 e. The molecule has 2 heterocycles. The number of rotatable bonds is 4. The number of nitrogens with zero attached hydrogens (tertiary/aromatic N) is 3. The van der Waals surface area contributed by atoms with E-state index in [4.69, 9.17) is 0 Å². The Balaban J connectivity index is 1.82. The van der Waals surface area contributed by atoms with Crippen LogP contribution in [0, 0.1) is 13.8 Å². The zero-order chi connectivity index (χ0) is 15.4. The van der Waals surface area contributed by atoms with Crippen molar-refractivity contribution in [3.63, 3.8) is 0 Å². The second-order valence-corrected chi connectivity index (χ2v) is 6.26. The molecule has 0 atom stereocenters. The normalized spacial score (nSPS) is 15.2. The maximum absolute atomic E-state index is 12.0. The van der Waals surface area contributed by atoms with Crippen LogP contribution in [0.1, 0.15) is 23.4 Å². The SMILES string of the molecule is COC(=O)CCC(=O)N1CCN(c2nc(C)c(C)s2)CC1. The summed E-state index contributed by atoms with van der Waals surface area (Å²) < 4.78 is 4.55. The van der Waals surface area contributed by atoms with Crippen molar-refractivity contribution in [2.45, 2.75) is 26.7 Å². The molecular formula is C14H21N3O3S. The van der Waals surface area contributed by atoms with Gasteiger partial charge in [-0.15, -0.1) is 11.3 Å². The molecule has 21 heavy (non-hydrogen) atoms. The van der Waals surface area contributed by atoms with E-state index in [1.807, 2.05) is 11.8 Å². The third kappa shape index (κ3) is 3.93. The number of amides is 1. The predicted molar refractivity (Wildman–Crippen MR) is 81.6 cm³/mol. The number of anilines is 1. The van der Waals surface area contributed by atoms with Crippen molar-refractivity contribution >= 4 is 28.3 Å². The maximum Gasteiger partial charge on any atom is 0.306 e. The fourth-order valence-electron chi connectivity index (χ4n) is 2.21. The van der Waals surface area contributed by atoms with E-state index < -0.39 is 0 Å². The molecule has 0 unspecified atom stereocenters. The van der Waals surface area contributed by atoms with E-state index >= 15 is 0 Å². The Kier molecular flexibility index (Phi) is 5.17. The van der Waals surface area contributed by atoms with Crippen LogP contribution < -0.4 is 4.90 Å². The monoisotopic (exact) mass is 311 g/mol. The van der Waals surface area contributed by atoms with Gasteiger partial charge >= 0.3 is 5.97 Å². The molecule has 0 N–H and O–H groups in total. The minimum absolute atomic E-state index is 0.0200. The minimum atomic E-state index is -0.337. The van der Waals surface area contributed by atoms with Gasteiger partial charge in [0.05, 0.1) is 19.2 Å². The van der Waals surface area contributed by atoms with Crippen molar-refractivity contribution in [1.29, 1.82) is 0 Å². The van der Waals surface area contributed by atoms with Crippen LogP contribution in [0.3, 0.4) is 0 Å². The van der Waals surface area contributed by atoms with Crippen molar-refractivity contribution in [1.82, 2.24) is 9.88 Å². The van der Waals surface area contributed by atoms with Gasteiger partial charge in [-0.05, 0) is 13.8 Å². The molecule has 1 aromatic rings. The van der Waals surface area contributed by atoms with Crippen LogP contribution in [0.4, 0.5) is 5.13 Å². The Morgan fingerprint density at radius 1 is 1.19 bits per heavy atom. The van der Waals surface area contributed by atoms with E-state index in [1.165, 1.54) is 12.0 Å². The quantitative estimate of drug-likeness (QED) is 0.786. The Bertz CT molecular complexity index is 502. The second-order valence-electron chi connectivity index (χ2n) is 5.08. The van der Waals surface area contributed by atoms with E-state index in [9.17, 15) is 9.59 Å². The number of ether oxygens (including phenoxy) is 1. The highest BCUT2D eigenvalue weighted by Crippen LogP contribution is 2.26. The summed E-state index contributed by atoms with van der Waals surface area (Å²) in [5.41, 5.74) is 1.08. The van der Waals surface area contributed by atoms with Crippen LogP contribution in [0.2, 0.25) is 0 Å². The van der Waals surface area contributed by atoms with Gasteiger partial charge in [0.25, 0.3) is 0 Å². The largest absolute Gasteiger partial charge is 0.469 e. The molecule has 0 radical (unpaired) electrons. The average molecular weight is 311 g/mol. The van der Waals surface area contributed by atoms with Crippen molar-refractivity contribution in [2.24, 2.45) is 0 Å². The van der Waals surface area contributed by atoms with Gasteiger partial charge in [0.2, 0.25) is 5.91 Å². The molecule has 7 heteroatoms. The number of carbonyl (C=O) groups is 2. The Morgan fingerprint density at radius 3 is 2.38 bits per heavy atom. The molecule has 0 spiro atoms. The van der Waals surface area contributed by atoms with E-state index in [2.05, 4.69) is 21.5 Å². The van der Waals surface area contributed by atoms with E-state index in [0.717, 1.165) is 23.9 Å². The lowest BCUT2D eigenvalue weighted by Gasteiger charge is -2.34. The zero-order valence-electron chi connectivity index (χ0n) is 12.7. The molecular weight excluding hydrogens is 290 g/mol. The number of piperazine rings is 1. The third-order valence-electron chi connectivity index (χ3n) is 3.69. The standard InChI is InChI=1S/C14H21N3O3S/c1-10-11(2)21-14(15-10)17-8-6-16(7-9-17)12(18)4-5-13(19)20-3/h4-9H2,1-3H3. The highest BCUT2D eigenvalue weighted by atomic mass is 32.1. The molecule has 0 aliphatic carbocycles. The second kappa shape index (κ2) is 6.89. The van der Waals surface area contributed by atoms with Gasteiger partial charge in [-0.1, -0.05) is 0 Å². The van der Waals surface area contributed by atoms with Crippen LogP contribution in [0.25, 0.3) is 0 Å². The van der Waals surface area contributed by atoms with Gasteiger partial charge in [0, 0.05) is 37.5 Å². The van der Waals surface area contributed by atoms with Crippen LogP contribution in [0.5, 0.6) is 0 Å². The lowest BCUT2D eigenvalue weighted by atomic mass is 10.2. The summed E-state index contributed by atoms with van der Waals surface area (Å²) in [4.78, 5) is 32.9. The number of methoxy groups -OCH3 is 1. The first-order valence-corrected chi connectivity index (χ1v) is 7.86. The topological polar surface area (TPSA) is 62.7 Å². The first-order chi connectivity index (χ1) is 10.0. The van der Waals surface area contributed by atoms with E-state index in [1.54, 1.807) is 11.3 Å².